The van der Waals surface area contributed by atoms with Crippen LogP contribution < -0.4 is 0 Å². The van der Waals surface area contributed by atoms with Gasteiger partial charge >= 0.3 is 5.97 Å². The maximum atomic E-state index is 12.5. The maximum absolute atomic E-state index is 12.5. The molecule has 0 spiro atoms. The predicted molar refractivity (Wildman–Crippen MR) is 71.6 cm³/mol. The number of piperidine rings is 1. The Labute approximate surface area is 118 Å². The molecule has 0 aliphatic carbocycles. The topological polar surface area (TPSA) is 92.5 Å². The zero-order valence-corrected chi connectivity index (χ0v) is 12.4. The molecule has 2 heterocycles. The Morgan fingerprint density at radius 2 is 2.20 bits per heavy atom. The van der Waals surface area contributed by atoms with Crippen LogP contribution in [-0.2, 0) is 21.4 Å². The third-order valence-electron chi connectivity index (χ3n) is 3.59. The SMILES string of the molecule is CC1CCN(S(=O)(=O)c2cnn(CC(=O)O)c2)C(C)C1. The van der Waals surface area contributed by atoms with Crippen molar-refractivity contribution in [2.45, 2.75) is 44.2 Å². The van der Waals surface area contributed by atoms with Crippen LogP contribution in [-0.4, -0.2) is 46.2 Å². The van der Waals surface area contributed by atoms with E-state index in [1.165, 1.54) is 16.7 Å². The average Bonchev–Trinajstić information content (AvgIpc) is 2.76. The minimum absolute atomic E-state index is 0.0495. The Bertz CT molecular complexity index is 596. The molecule has 1 aromatic rings. The quantitative estimate of drug-likeness (QED) is 0.887. The van der Waals surface area contributed by atoms with Crippen molar-refractivity contribution in [1.82, 2.24) is 14.1 Å². The van der Waals surface area contributed by atoms with Crippen LogP contribution in [0.2, 0.25) is 0 Å². The standard InChI is InChI=1S/C12H19N3O4S/c1-9-3-4-15(10(2)5-9)20(18,19)11-6-13-14(7-11)8-12(16)17/h6-7,9-10H,3-5,8H2,1-2H3,(H,16,17). The van der Waals surface area contributed by atoms with Gasteiger partial charge in [-0.25, -0.2) is 8.42 Å². The molecule has 0 amide bonds. The zero-order chi connectivity index (χ0) is 14.9. The molecule has 0 aromatic carbocycles. The van der Waals surface area contributed by atoms with E-state index in [1.807, 2.05) is 6.92 Å². The van der Waals surface area contributed by atoms with E-state index in [0.717, 1.165) is 17.5 Å². The first-order chi connectivity index (χ1) is 9.30. The summed E-state index contributed by atoms with van der Waals surface area (Å²) in [6.45, 7) is 4.16. The van der Waals surface area contributed by atoms with Gasteiger partial charge in [0.25, 0.3) is 0 Å². The Morgan fingerprint density at radius 3 is 2.80 bits per heavy atom. The normalized spacial score (nSPS) is 24.7. The van der Waals surface area contributed by atoms with Crippen molar-refractivity contribution in [3.8, 4) is 0 Å². The molecule has 2 rings (SSSR count). The van der Waals surface area contributed by atoms with Crippen molar-refractivity contribution >= 4 is 16.0 Å². The first-order valence-corrected chi connectivity index (χ1v) is 8.01. The van der Waals surface area contributed by atoms with E-state index < -0.39 is 16.0 Å². The van der Waals surface area contributed by atoms with Crippen LogP contribution >= 0.6 is 0 Å². The second-order valence-corrected chi connectivity index (χ2v) is 7.25. The van der Waals surface area contributed by atoms with Crippen LogP contribution in [0.25, 0.3) is 0 Å². The Morgan fingerprint density at radius 1 is 1.50 bits per heavy atom. The summed E-state index contributed by atoms with van der Waals surface area (Å²) in [7, 11) is -3.59. The number of aromatic nitrogens is 2. The van der Waals surface area contributed by atoms with Gasteiger partial charge < -0.3 is 5.11 Å². The van der Waals surface area contributed by atoms with Gasteiger partial charge in [-0.05, 0) is 25.7 Å². The molecule has 2 atom stereocenters. The molecule has 0 radical (unpaired) electrons. The van der Waals surface area contributed by atoms with E-state index >= 15 is 0 Å². The molecular weight excluding hydrogens is 282 g/mol. The van der Waals surface area contributed by atoms with Crippen molar-refractivity contribution in [2.75, 3.05) is 6.54 Å². The molecule has 20 heavy (non-hydrogen) atoms. The number of rotatable bonds is 4. The molecule has 1 aliphatic rings. The second-order valence-electron chi connectivity index (χ2n) is 5.36. The monoisotopic (exact) mass is 301 g/mol. The van der Waals surface area contributed by atoms with Gasteiger partial charge in [-0.15, -0.1) is 0 Å². The van der Waals surface area contributed by atoms with E-state index in [0.29, 0.717) is 12.5 Å². The van der Waals surface area contributed by atoms with Crippen LogP contribution in [0.3, 0.4) is 0 Å². The molecule has 1 N–H and O–H groups in total. The average molecular weight is 301 g/mol. The van der Waals surface area contributed by atoms with Crippen LogP contribution in [0.15, 0.2) is 17.3 Å². The van der Waals surface area contributed by atoms with Gasteiger partial charge in [0.1, 0.15) is 11.4 Å². The summed E-state index contributed by atoms with van der Waals surface area (Å²) in [5.74, 6) is -0.539. The number of carboxylic acid groups (broad SMARTS) is 1. The van der Waals surface area contributed by atoms with Gasteiger partial charge in [-0.3, -0.25) is 9.48 Å². The number of hydrogen-bond acceptors (Lipinski definition) is 4. The third kappa shape index (κ3) is 3.01. The van der Waals surface area contributed by atoms with Gasteiger partial charge in [0.05, 0.1) is 6.20 Å². The smallest absolute Gasteiger partial charge is 0.325 e. The molecule has 1 aromatic heterocycles. The molecule has 8 heteroatoms. The molecule has 0 saturated carbocycles. The van der Waals surface area contributed by atoms with E-state index in [1.54, 1.807) is 0 Å². The van der Waals surface area contributed by atoms with Crippen LogP contribution in [0, 0.1) is 5.92 Å². The van der Waals surface area contributed by atoms with Gasteiger partial charge in [0.2, 0.25) is 10.0 Å². The highest BCUT2D eigenvalue weighted by Crippen LogP contribution is 2.27. The fourth-order valence-electron chi connectivity index (χ4n) is 2.58. The second kappa shape index (κ2) is 5.53. The Kier molecular flexibility index (Phi) is 4.14. The minimum Gasteiger partial charge on any atom is -0.480 e. The first-order valence-electron chi connectivity index (χ1n) is 6.57. The number of aliphatic carboxylic acids is 1. The zero-order valence-electron chi connectivity index (χ0n) is 11.6. The van der Waals surface area contributed by atoms with Crippen LogP contribution in [0.5, 0.6) is 0 Å². The third-order valence-corrected chi connectivity index (χ3v) is 5.56. The van der Waals surface area contributed by atoms with Crippen molar-refractivity contribution in [2.24, 2.45) is 5.92 Å². The van der Waals surface area contributed by atoms with Gasteiger partial charge in [0.15, 0.2) is 0 Å². The molecule has 1 fully saturated rings. The molecule has 7 nitrogen and oxygen atoms in total. The van der Waals surface area contributed by atoms with Crippen LogP contribution in [0.1, 0.15) is 26.7 Å². The number of nitrogens with zero attached hydrogens (tertiary/aromatic N) is 3. The van der Waals surface area contributed by atoms with Crippen LogP contribution in [0.4, 0.5) is 0 Å². The van der Waals surface area contributed by atoms with Crippen molar-refractivity contribution < 1.29 is 18.3 Å². The van der Waals surface area contributed by atoms with Crippen molar-refractivity contribution in [3.63, 3.8) is 0 Å². The molecule has 2 unspecified atom stereocenters. The molecule has 0 bridgehead atoms. The highest BCUT2D eigenvalue weighted by molar-refractivity contribution is 7.89. The summed E-state index contributed by atoms with van der Waals surface area (Å²) in [5, 5.41) is 12.5. The lowest BCUT2D eigenvalue weighted by atomic mass is 9.95. The van der Waals surface area contributed by atoms with Crippen molar-refractivity contribution in [3.05, 3.63) is 12.4 Å². The first kappa shape index (κ1) is 15.0. The number of carboxylic acids is 1. The number of carbonyl (C=O) groups is 1. The van der Waals surface area contributed by atoms with Gasteiger partial charge in [0, 0.05) is 18.8 Å². The minimum atomic E-state index is -3.59. The molecular formula is C12H19N3O4S. The summed E-state index contributed by atoms with van der Waals surface area (Å²) in [6.07, 6.45) is 4.16. The summed E-state index contributed by atoms with van der Waals surface area (Å²) in [4.78, 5) is 10.7. The predicted octanol–water partition coefficient (Wildman–Crippen LogP) is 0.777. The van der Waals surface area contributed by atoms with E-state index in [2.05, 4.69) is 12.0 Å². The summed E-state index contributed by atoms with van der Waals surface area (Å²) in [6, 6.07) is -0.0495. The maximum Gasteiger partial charge on any atom is 0.325 e. The van der Waals surface area contributed by atoms with Gasteiger partial charge in [-0.2, -0.15) is 9.40 Å². The lowest BCUT2D eigenvalue weighted by Crippen LogP contribution is -2.43. The summed E-state index contributed by atoms with van der Waals surface area (Å²) < 4.78 is 27.7. The Balaban J connectivity index is 2.21. The highest BCUT2D eigenvalue weighted by Gasteiger charge is 2.34. The van der Waals surface area contributed by atoms with E-state index in [9.17, 15) is 13.2 Å². The van der Waals surface area contributed by atoms with E-state index in [4.69, 9.17) is 5.11 Å². The van der Waals surface area contributed by atoms with Crippen molar-refractivity contribution in [1.29, 1.82) is 0 Å². The molecule has 1 saturated heterocycles. The fraction of sp³-hybridized carbons (Fsp3) is 0.667. The Hall–Kier alpha value is -1.41. The summed E-state index contributed by atoms with van der Waals surface area (Å²) >= 11 is 0. The van der Waals surface area contributed by atoms with Gasteiger partial charge in [-0.1, -0.05) is 6.92 Å². The highest BCUT2D eigenvalue weighted by atomic mass is 32.2. The lowest BCUT2D eigenvalue weighted by Gasteiger charge is -2.35. The summed E-state index contributed by atoms with van der Waals surface area (Å²) in [5.41, 5.74) is 0. The lowest BCUT2D eigenvalue weighted by molar-refractivity contribution is -0.137. The van der Waals surface area contributed by atoms with E-state index in [-0.39, 0.29) is 17.5 Å². The fourth-order valence-corrected chi connectivity index (χ4v) is 4.19. The largest absolute Gasteiger partial charge is 0.480 e. The number of sulfonamides is 1. The molecule has 1 aliphatic heterocycles. The number of hydrogen-bond donors (Lipinski definition) is 1. The molecule has 112 valence electrons.